The summed E-state index contributed by atoms with van der Waals surface area (Å²) >= 11 is 0. The highest BCUT2D eigenvalue weighted by atomic mass is 15.1. The van der Waals surface area contributed by atoms with Crippen molar-refractivity contribution in [3.05, 3.63) is 66.2 Å². The number of rotatable bonds is 4. The Morgan fingerprint density at radius 2 is 1.78 bits per heavy atom. The summed E-state index contributed by atoms with van der Waals surface area (Å²) in [5.74, 6) is 0.594. The molecular weight excluding hydrogens is 334 g/mol. The number of nitrogens with zero attached hydrogens (tertiary/aromatic N) is 4. The Morgan fingerprint density at radius 1 is 1.00 bits per heavy atom. The lowest BCUT2D eigenvalue weighted by atomic mass is 10.1. The third-order valence-electron chi connectivity index (χ3n) is 4.60. The number of fused-ring (bicyclic) bond motifs is 1. The van der Waals surface area contributed by atoms with Crippen molar-refractivity contribution in [1.82, 2.24) is 19.5 Å². The van der Waals surface area contributed by atoms with Crippen LogP contribution in [0.4, 0.5) is 11.6 Å². The van der Waals surface area contributed by atoms with Gasteiger partial charge in [-0.15, -0.1) is 0 Å². The van der Waals surface area contributed by atoms with Crippen LogP contribution >= 0.6 is 0 Å². The summed E-state index contributed by atoms with van der Waals surface area (Å²) in [6, 6.07) is 10.7. The van der Waals surface area contributed by atoms with Crippen LogP contribution in [0, 0.1) is 13.8 Å². The molecule has 0 radical (unpaired) electrons. The molecule has 3 heterocycles. The number of benzene rings is 1. The van der Waals surface area contributed by atoms with Gasteiger partial charge in [0.25, 0.3) is 0 Å². The molecule has 0 aliphatic rings. The monoisotopic (exact) mass is 357 g/mol. The molecule has 0 spiro atoms. The number of hydrogen-bond acceptors (Lipinski definition) is 4. The molecule has 0 atom stereocenters. The van der Waals surface area contributed by atoms with Crippen molar-refractivity contribution < 1.29 is 0 Å². The minimum Gasteiger partial charge on any atom is -0.343 e. The van der Waals surface area contributed by atoms with E-state index in [9.17, 15) is 0 Å². The van der Waals surface area contributed by atoms with Crippen LogP contribution in [-0.4, -0.2) is 19.5 Å². The van der Waals surface area contributed by atoms with Crippen molar-refractivity contribution in [3.8, 4) is 11.3 Å². The first kappa shape index (κ1) is 17.2. The second kappa shape index (κ2) is 6.83. The third kappa shape index (κ3) is 3.40. The Balaban J connectivity index is 1.76. The first-order chi connectivity index (χ1) is 13.0. The second-order valence-corrected chi connectivity index (χ2v) is 7.20. The molecule has 5 heteroatoms. The SMILES string of the molecule is Cc1cc(C)cc(Nc2nccc(-c3cn(C(C)C)c4cnccc34)n2)c1. The number of anilines is 2. The van der Waals surface area contributed by atoms with Gasteiger partial charge < -0.3 is 9.88 Å². The lowest BCUT2D eigenvalue weighted by Gasteiger charge is -2.08. The van der Waals surface area contributed by atoms with Gasteiger partial charge in [0.15, 0.2) is 0 Å². The van der Waals surface area contributed by atoms with Crippen LogP contribution in [0.2, 0.25) is 0 Å². The van der Waals surface area contributed by atoms with Gasteiger partial charge in [-0.25, -0.2) is 9.97 Å². The molecule has 1 aromatic carbocycles. The molecule has 1 N–H and O–H groups in total. The van der Waals surface area contributed by atoms with E-state index < -0.39 is 0 Å². The lowest BCUT2D eigenvalue weighted by Crippen LogP contribution is -1.99. The average Bonchev–Trinajstić information content (AvgIpc) is 3.01. The second-order valence-electron chi connectivity index (χ2n) is 7.20. The molecule has 0 saturated heterocycles. The fraction of sp³-hybridized carbons (Fsp3) is 0.227. The van der Waals surface area contributed by atoms with E-state index >= 15 is 0 Å². The molecule has 0 amide bonds. The third-order valence-corrected chi connectivity index (χ3v) is 4.60. The number of aromatic nitrogens is 4. The maximum absolute atomic E-state index is 4.76. The van der Waals surface area contributed by atoms with Crippen LogP contribution in [0.5, 0.6) is 0 Å². The predicted molar refractivity (Wildman–Crippen MR) is 110 cm³/mol. The first-order valence-electron chi connectivity index (χ1n) is 9.14. The van der Waals surface area contributed by atoms with Gasteiger partial charge in [-0.1, -0.05) is 6.07 Å². The van der Waals surface area contributed by atoms with Crippen molar-refractivity contribution in [2.45, 2.75) is 33.7 Å². The Kier molecular flexibility index (Phi) is 4.36. The fourth-order valence-electron chi connectivity index (χ4n) is 3.47. The zero-order valence-electron chi connectivity index (χ0n) is 16.1. The zero-order chi connectivity index (χ0) is 19.0. The molecule has 4 rings (SSSR count). The first-order valence-corrected chi connectivity index (χ1v) is 9.14. The molecule has 0 saturated carbocycles. The van der Waals surface area contributed by atoms with E-state index in [-0.39, 0.29) is 0 Å². The van der Waals surface area contributed by atoms with Gasteiger partial charge in [0.2, 0.25) is 5.95 Å². The van der Waals surface area contributed by atoms with E-state index in [4.69, 9.17) is 4.98 Å². The fourth-order valence-corrected chi connectivity index (χ4v) is 3.47. The van der Waals surface area contributed by atoms with Gasteiger partial charge in [0.05, 0.1) is 17.4 Å². The van der Waals surface area contributed by atoms with Crippen LogP contribution in [0.3, 0.4) is 0 Å². The number of nitrogens with one attached hydrogen (secondary N) is 1. The Morgan fingerprint density at radius 3 is 2.52 bits per heavy atom. The summed E-state index contributed by atoms with van der Waals surface area (Å²) in [6.45, 7) is 8.51. The van der Waals surface area contributed by atoms with Gasteiger partial charge >= 0.3 is 0 Å². The molecule has 3 aromatic heterocycles. The highest BCUT2D eigenvalue weighted by molar-refractivity contribution is 5.94. The molecule has 0 unspecified atom stereocenters. The summed E-state index contributed by atoms with van der Waals surface area (Å²) in [7, 11) is 0. The molecule has 136 valence electrons. The summed E-state index contributed by atoms with van der Waals surface area (Å²) < 4.78 is 2.23. The number of pyridine rings is 1. The quantitative estimate of drug-likeness (QED) is 0.529. The largest absolute Gasteiger partial charge is 0.343 e. The van der Waals surface area contributed by atoms with Crippen LogP contribution in [0.15, 0.2) is 55.1 Å². The molecule has 0 aliphatic carbocycles. The van der Waals surface area contributed by atoms with E-state index in [1.165, 1.54) is 11.1 Å². The van der Waals surface area contributed by atoms with Gasteiger partial charge in [0, 0.05) is 41.3 Å². The summed E-state index contributed by atoms with van der Waals surface area (Å²) in [5, 5.41) is 4.48. The zero-order valence-corrected chi connectivity index (χ0v) is 16.1. The predicted octanol–water partition coefficient (Wildman–Crippen LogP) is 5.43. The highest BCUT2D eigenvalue weighted by Crippen LogP contribution is 2.31. The molecule has 5 nitrogen and oxygen atoms in total. The molecule has 0 fully saturated rings. The number of hydrogen-bond donors (Lipinski definition) is 1. The maximum atomic E-state index is 4.76. The van der Waals surface area contributed by atoms with Gasteiger partial charge in [-0.3, -0.25) is 4.98 Å². The van der Waals surface area contributed by atoms with Crippen LogP contribution in [-0.2, 0) is 0 Å². The van der Waals surface area contributed by atoms with Crippen molar-refractivity contribution in [3.63, 3.8) is 0 Å². The summed E-state index contributed by atoms with van der Waals surface area (Å²) in [4.78, 5) is 13.5. The van der Waals surface area contributed by atoms with Gasteiger partial charge in [0.1, 0.15) is 0 Å². The van der Waals surface area contributed by atoms with E-state index in [2.05, 4.69) is 71.9 Å². The van der Waals surface area contributed by atoms with E-state index in [1.807, 2.05) is 24.5 Å². The standard InChI is InChI=1S/C22H23N5/c1-14(2)27-13-19(18-5-7-23-12-21(18)27)20-6-8-24-22(26-20)25-17-10-15(3)9-16(4)11-17/h5-14H,1-4H3,(H,24,25,26). The Bertz CT molecular complexity index is 1090. The van der Waals surface area contributed by atoms with E-state index in [0.29, 0.717) is 12.0 Å². The maximum Gasteiger partial charge on any atom is 0.227 e. The minimum atomic E-state index is 0.347. The van der Waals surface area contributed by atoms with Crippen molar-refractivity contribution in [2.24, 2.45) is 0 Å². The highest BCUT2D eigenvalue weighted by Gasteiger charge is 2.14. The van der Waals surface area contributed by atoms with Gasteiger partial charge in [-0.05, 0) is 63.1 Å². The van der Waals surface area contributed by atoms with Crippen LogP contribution in [0.1, 0.15) is 31.0 Å². The molecular formula is C22H23N5. The topological polar surface area (TPSA) is 55.6 Å². The lowest BCUT2D eigenvalue weighted by molar-refractivity contribution is 0.622. The van der Waals surface area contributed by atoms with E-state index in [0.717, 1.165) is 27.8 Å². The van der Waals surface area contributed by atoms with Crippen molar-refractivity contribution in [1.29, 1.82) is 0 Å². The smallest absolute Gasteiger partial charge is 0.227 e. The normalized spacial score (nSPS) is 11.3. The summed E-state index contributed by atoms with van der Waals surface area (Å²) in [5.41, 5.74) is 6.52. The van der Waals surface area contributed by atoms with Crippen LogP contribution in [0.25, 0.3) is 22.2 Å². The van der Waals surface area contributed by atoms with Crippen molar-refractivity contribution >= 4 is 22.5 Å². The van der Waals surface area contributed by atoms with Crippen molar-refractivity contribution in [2.75, 3.05) is 5.32 Å². The molecule has 4 aromatic rings. The Hall–Kier alpha value is -3.21. The summed E-state index contributed by atoms with van der Waals surface area (Å²) in [6.07, 6.45) is 7.69. The molecule has 27 heavy (non-hydrogen) atoms. The van der Waals surface area contributed by atoms with Crippen LogP contribution < -0.4 is 5.32 Å². The minimum absolute atomic E-state index is 0.347. The van der Waals surface area contributed by atoms with Gasteiger partial charge in [-0.2, -0.15) is 0 Å². The van der Waals surface area contributed by atoms with E-state index in [1.54, 1.807) is 6.20 Å². The molecule has 0 bridgehead atoms. The Labute approximate surface area is 159 Å². The average molecular weight is 357 g/mol. The number of aryl methyl sites for hydroxylation is 2. The molecule has 0 aliphatic heterocycles.